The standard InChI is InChI=1S/C33H38FN5O5/c1-5-25(28-8-7-9-30(36-28)37-33(43-6-2)26(17-35)32(40)38-41)31(21(3)4)44-19-22-10-11-24-18-39(14-12-23(24)16-22)29-13-15-42-20-27(29)34/h5,7-11,16-17,27,29,35H,1,3,6,12-15,18-20H2,2,4H3,(H,36,37)/b31-25-,33-26-,35-17?. The van der Waals surface area contributed by atoms with Crippen LogP contribution in [0.5, 0.6) is 0 Å². The summed E-state index contributed by atoms with van der Waals surface area (Å²) in [4.78, 5) is 29.6. The van der Waals surface area contributed by atoms with Crippen LogP contribution >= 0.6 is 0 Å². The monoisotopic (exact) mass is 603 g/mol. The minimum Gasteiger partial charge on any atom is -0.488 e. The fourth-order valence-electron chi connectivity index (χ4n) is 5.37. The highest BCUT2D eigenvalue weighted by Crippen LogP contribution is 2.29. The van der Waals surface area contributed by atoms with Crippen LogP contribution in [0.2, 0.25) is 0 Å². The third-order valence-corrected chi connectivity index (χ3v) is 7.51. The number of hydrogen-bond donors (Lipinski definition) is 2. The summed E-state index contributed by atoms with van der Waals surface area (Å²) < 4.78 is 31.5. The summed E-state index contributed by atoms with van der Waals surface area (Å²) in [5, 5.41) is 12.8. The molecule has 232 valence electrons. The highest BCUT2D eigenvalue weighted by Gasteiger charge is 2.32. The number of benzene rings is 1. The molecule has 1 saturated heterocycles. The van der Waals surface area contributed by atoms with E-state index in [4.69, 9.17) is 19.6 Å². The van der Waals surface area contributed by atoms with E-state index in [9.17, 15) is 14.1 Å². The van der Waals surface area contributed by atoms with Gasteiger partial charge >= 0.3 is 5.91 Å². The number of pyridine rings is 1. The Bertz CT molecular complexity index is 1490. The van der Waals surface area contributed by atoms with Gasteiger partial charge in [0.1, 0.15) is 29.9 Å². The minimum absolute atomic E-state index is 0.0986. The molecule has 4 rings (SSSR count). The Morgan fingerprint density at radius 2 is 2.11 bits per heavy atom. The number of nitroso groups, excluding NO2 is 1. The molecule has 44 heavy (non-hydrogen) atoms. The zero-order valence-electron chi connectivity index (χ0n) is 25.1. The van der Waals surface area contributed by atoms with Gasteiger partial charge in [-0.05, 0) is 61.1 Å². The van der Waals surface area contributed by atoms with Crippen LogP contribution < -0.4 is 5.32 Å². The van der Waals surface area contributed by atoms with Crippen molar-refractivity contribution in [2.45, 2.75) is 52.1 Å². The number of nitrogens with zero attached hydrogens (tertiary/aromatic N) is 3. The van der Waals surface area contributed by atoms with Gasteiger partial charge in [0.15, 0.2) is 0 Å². The molecule has 2 aliphatic rings. The van der Waals surface area contributed by atoms with Gasteiger partial charge in [-0.15, -0.1) is 4.91 Å². The van der Waals surface area contributed by atoms with E-state index in [0.717, 1.165) is 25.1 Å². The number of halogens is 1. The van der Waals surface area contributed by atoms with E-state index < -0.39 is 12.1 Å². The van der Waals surface area contributed by atoms with Crippen molar-refractivity contribution in [3.8, 4) is 0 Å². The Balaban J connectivity index is 1.53. The molecular weight excluding hydrogens is 565 g/mol. The van der Waals surface area contributed by atoms with Crippen molar-refractivity contribution in [2.75, 3.05) is 31.7 Å². The third kappa shape index (κ3) is 7.72. The molecule has 0 spiro atoms. The Hall–Kier alpha value is -4.48. The predicted molar refractivity (Wildman–Crippen MR) is 167 cm³/mol. The lowest BCUT2D eigenvalue weighted by molar-refractivity contribution is -0.114. The van der Waals surface area contributed by atoms with Crippen LogP contribution in [0.3, 0.4) is 0 Å². The molecule has 2 aliphatic heterocycles. The van der Waals surface area contributed by atoms with Crippen molar-refractivity contribution in [3.63, 3.8) is 0 Å². The van der Waals surface area contributed by atoms with E-state index in [0.29, 0.717) is 54.3 Å². The molecule has 1 aromatic heterocycles. The quantitative estimate of drug-likeness (QED) is 0.0959. The van der Waals surface area contributed by atoms with Gasteiger partial charge in [-0.25, -0.2) is 9.37 Å². The normalized spacial score (nSPS) is 19.4. The molecule has 0 bridgehead atoms. The zero-order chi connectivity index (χ0) is 31.6. The number of hydrogen-bond acceptors (Lipinski definition) is 9. The van der Waals surface area contributed by atoms with Gasteiger partial charge < -0.3 is 24.9 Å². The van der Waals surface area contributed by atoms with Crippen molar-refractivity contribution >= 4 is 23.5 Å². The highest BCUT2D eigenvalue weighted by molar-refractivity contribution is 6.12. The maximum atomic E-state index is 14.5. The molecule has 10 nitrogen and oxygen atoms in total. The first-order chi connectivity index (χ1) is 21.3. The Kier molecular flexibility index (Phi) is 11.3. The topological polar surface area (TPSA) is 126 Å². The fraction of sp³-hybridized carbons (Fsp3) is 0.364. The van der Waals surface area contributed by atoms with Gasteiger partial charge in [0, 0.05) is 42.7 Å². The molecule has 2 aromatic rings. The average Bonchev–Trinajstić information content (AvgIpc) is 3.03. The van der Waals surface area contributed by atoms with Crippen molar-refractivity contribution < 1.29 is 23.4 Å². The number of fused-ring (bicyclic) bond motifs is 1. The maximum Gasteiger partial charge on any atom is 0.323 e. The lowest BCUT2D eigenvalue weighted by Gasteiger charge is -2.39. The van der Waals surface area contributed by atoms with Gasteiger partial charge in [0.2, 0.25) is 5.88 Å². The maximum absolute atomic E-state index is 14.5. The number of anilines is 1. The molecule has 2 unspecified atom stereocenters. The van der Waals surface area contributed by atoms with Crippen LogP contribution in [0.15, 0.2) is 83.6 Å². The second-order valence-corrected chi connectivity index (χ2v) is 10.5. The van der Waals surface area contributed by atoms with Crippen LogP contribution in [0.1, 0.15) is 42.7 Å². The predicted octanol–water partition coefficient (Wildman–Crippen LogP) is 5.86. The Morgan fingerprint density at radius 1 is 1.30 bits per heavy atom. The highest BCUT2D eigenvalue weighted by atomic mass is 19.1. The summed E-state index contributed by atoms with van der Waals surface area (Å²) in [6, 6.07) is 11.3. The smallest absolute Gasteiger partial charge is 0.323 e. The largest absolute Gasteiger partial charge is 0.488 e. The van der Waals surface area contributed by atoms with Crippen LogP contribution in [-0.2, 0) is 38.6 Å². The number of alkyl halides is 1. The van der Waals surface area contributed by atoms with Crippen molar-refractivity contribution in [1.82, 2.24) is 9.88 Å². The summed E-state index contributed by atoms with van der Waals surface area (Å²) >= 11 is 0. The molecule has 0 saturated carbocycles. The van der Waals surface area contributed by atoms with Crippen LogP contribution in [0.4, 0.5) is 10.2 Å². The second-order valence-electron chi connectivity index (χ2n) is 10.5. The Labute approximate surface area is 256 Å². The summed E-state index contributed by atoms with van der Waals surface area (Å²) in [7, 11) is 0. The number of allylic oxidation sites excluding steroid dienone is 3. The van der Waals surface area contributed by atoms with Gasteiger partial charge in [-0.2, -0.15) is 0 Å². The molecular formula is C33H38FN5O5. The van der Waals surface area contributed by atoms with E-state index in [1.807, 2.05) is 13.0 Å². The molecule has 2 N–H and O–H groups in total. The number of rotatable bonds is 13. The summed E-state index contributed by atoms with van der Waals surface area (Å²) in [5.41, 5.74) is 4.90. The minimum atomic E-state index is -1.14. The summed E-state index contributed by atoms with van der Waals surface area (Å²) in [6.45, 7) is 14.4. The number of amides is 1. The van der Waals surface area contributed by atoms with E-state index in [2.05, 4.69) is 45.7 Å². The number of carbonyl (C=O) groups excluding carboxylic acids is 1. The van der Waals surface area contributed by atoms with Gasteiger partial charge in [0.25, 0.3) is 0 Å². The van der Waals surface area contributed by atoms with Crippen molar-refractivity contribution in [2.24, 2.45) is 5.18 Å². The first-order valence-corrected chi connectivity index (χ1v) is 14.5. The van der Waals surface area contributed by atoms with Crippen molar-refractivity contribution in [3.05, 3.63) is 106 Å². The SMILES string of the molecule is C=C/C(=C(/OCc1ccc2c(c1)CCN(C1CCOCC1F)C2)C(=C)C)c1cccc(N/C(OCC)=C(\C=N)C(=O)N=O)n1. The van der Waals surface area contributed by atoms with Crippen LogP contribution in [-0.4, -0.2) is 60.6 Å². The molecule has 0 aliphatic carbocycles. The number of carbonyl (C=O) groups is 1. The first kappa shape index (κ1) is 32.4. The molecule has 0 radical (unpaired) electrons. The van der Waals surface area contributed by atoms with Crippen LogP contribution in [0.25, 0.3) is 5.57 Å². The second kappa shape index (κ2) is 15.3. The van der Waals surface area contributed by atoms with Gasteiger partial charge in [-0.1, -0.05) is 43.5 Å². The van der Waals surface area contributed by atoms with Crippen LogP contribution in [0, 0.1) is 10.3 Å². The zero-order valence-corrected chi connectivity index (χ0v) is 25.1. The molecule has 1 aromatic carbocycles. The molecule has 3 heterocycles. The number of aromatic nitrogens is 1. The third-order valence-electron chi connectivity index (χ3n) is 7.51. The van der Waals surface area contributed by atoms with E-state index >= 15 is 0 Å². The Morgan fingerprint density at radius 3 is 2.80 bits per heavy atom. The molecule has 1 fully saturated rings. The van der Waals surface area contributed by atoms with Crippen molar-refractivity contribution in [1.29, 1.82) is 5.41 Å². The lowest BCUT2D eigenvalue weighted by atomic mass is 9.94. The number of nitrogens with one attached hydrogen (secondary N) is 2. The van der Waals surface area contributed by atoms with Gasteiger partial charge in [-0.3, -0.25) is 9.69 Å². The lowest BCUT2D eigenvalue weighted by Crippen LogP contribution is -2.48. The average molecular weight is 604 g/mol. The van der Waals surface area contributed by atoms with Gasteiger partial charge in [0.05, 0.1) is 18.9 Å². The van der Waals surface area contributed by atoms with E-state index in [-0.39, 0.29) is 30.7 Å². The molecule has 11 heteroatoms. The first-order valence-electron chi connectivity index (χ1n) is 14.5. The molecule has 1 amide bonds. The van der Waals surface area contributed by atoms with E-state index in [1.165, 1.54) is 11.1 Å². The van der Waals surface area contributed by atoms with E-state index in [1.54, 1.807) is 31.2 Å². The summed E-state index contributed by atoms with van der Waals surface area (Å²) in [5.74, 6) is -0.426. The summed E-state index contributed by atoms with van der Waals surface area (Å²) in [6.07, 6.45) is 2.93. The molecule has 2 atom stereocenters. The fourth-order valence-corrected chi connectivity index (χ4v) is 5.37. The number of ether oxygens (including phenoxy) is 3.